The topological polar surface area (TPSA) is 12.0 Å². The zero-order valence-electron chi connectivity index (χ0n) is 12.1. The lowest BCUT2D eigenvalue weighted by Crippen LogP contribution is -2.10. The Bertz CT molecular complexity index is 654. The molecule has 1 nitrogen and oxygen atoms in total. The summed E-state index contributed by atoms with van der Waals surface area (Å²) < 4.78 is 14.0. The molecular formula is C18H19ClFN. The van der Waals surface area contributed by atoms with E-state index in [0.29, 0.717) is 5.69 Å². The molecule has 0 fully saturated rings. The fourth-order valence-corrected chi connectivity index (χ4v) is 3.13. The summed E-state index contributed by atoms with van der Waals surface area (Å²) in [6.07, 6.45) is 4.89. The van der Waals surface area contributed by atoms with E-state index in [1.807, 2.05) is 6.92 Å². The molecule has 0 amide bonds. The first kappa shape index (κ1) is 14.4. The maximum atomic E-state index is 14.0. The zero-order valence-corrected chi connectivity index (χ0v) is 12.9. The molecule has 1 aliphatic rings. The van der Waals surface area contributed by atoms with E-state index in [-0.39, 0.29) is 16.9 Å². The summed E-state index contributed by atoms with van der Waals surface area (Å²) in [4.78, 5) is 0. The van der Waals surface area contributed by atoms with Gasteiger partial charge in [0.05, 0.1) is 10.7 Å². The van der Waals surface area contributed by atoms with Gasteiger partial charge in [-0.05, 0) is 61.4 Å². The standard InChI is InChI=1S/C18H19ClFN/c1-12(21-17-8-4-7-16(19)18(17)20)14-10-9-13-5-2-3-6-15(13)11-14/h4,7-12,21H,2-3,5-6H2,1H3. The molecule has 1 atom stereocenters. The average molecular weight is 304 g/mol. The molecule has 2 aromatic rings. The lowest BCUT2D eigenvalue weighted by molar-refractivity contribution is 0.628. The predicted molar refractivity (Wildman–Crippen MR) is 86.5 cm³/mol. The highest BCUT2D eigenvalue weighted by Gasteiger charge is 2.14. The Balaban J connectivity index is 1.82. The van der Waals surface area contributed by atoms with Gasteiger partial charge in [-0.1, -0.05) is 35.9 Å². The molecular weight excluding hydrogens is 285 g/mol. The number of halogens is 2. The van der Waals surface area contributed by atoms with Crippen LogP contribution < -0.4 is 5.32 Å². The van der Waals surface area contributed by atoms with Crippen LogP contribution in [-0.2, 0) is 12.8 Å². The summed E-state index contributed by atoms with van der Waals surface area (Å²) in [5.74, 6) is -0.385. The smallest absolute Gasteiger partial charge is 0.164 e. The van der Waals surface area contributed by atoms with Crippen molar-refractivity contribution in [2.75, 3.05) is 5.32 Å². The highest BCUT2D eigenvalue weighted by molar-refractivity contribution is 6.31. The van der Waals surface area contributed by atoms with E-state index in [0.717, 1.165) is 6.42 Å². The Kier molecular flexibility index (Phi) is 4.16. The van der Waals surface area contributed by atoms with Crippen molar-refractivity contribution >= 4 is 17.3 Å². The number of rotatable bonds is 3. The first-order valence-corrected chi connectivity index (χ1v) is 7.85. The van der Waals surface area contributed by atoms with Crippen LogP contribution in [0.2, 0.25) is 5.02 Å². The van der Waals surface area contributed by atoms with Gasteiger partial charge in [0.2, 0.25) is 0 Å². The van der Waals surface area contributed by atoms with Gasteiger partial charge in [-0.2, -0.15) is 0 Å². The fourth-order valence-electron chi connectivity index (χ4n) is 2.95. The van der Waals surface area contributed by atoms with Crippen LogP contribution in [0.3, 0.4) is 0 Å². The van der Waals surface area contributed by atoms with Gasteiger partial charge in [-0.3, -0.25) is 0 Å². The maximum absolute atomic E-state index is 14.0. The maximum Gasteiger partial charge on any atom is 0.164 e. The van der Waals surface area contributed by atoms with Crippen LogP contribution in [0.5, 0.6) is 0 Å². The summed E-state index contributed by atoms with van der Waals surface area (Å²) in [7, 11) is 0. The quantitative estimate of drug-likeness (QED) is 0.786. The van der Waals surface area contributed by atoms with Gasteiger partial charge in [0.15, 0.2) is 5.82 Å². The largest absolute Gasteiger partial charge is 0.376 e. The third-order valence-corrected chi connectivity index (χ3v) is 4.49. The van der Waals surface area contributed by atoms with Crippen molar-refractivity contribution in [3.63, 3.8) is 0 Å². The van der Waals surface area contributed by atoms with Gasteiger partial charge in [0.25, 0.3) is 0 Å². The lowest BCUT2D eigenvalue weighted by atomic mass is 9.89. The van der Waals surface area contributed by atoms with Crippen LogP contribution >= 0.6 is 11.6 Å². The lowest BCUT2D eigenvalue weighted by Gasteiger charge is -2.21. The Morgan fingerprint density at radius 2 is 1.86 bits per heavy atom. The summed E-state index contributed by atoms with van der Waals surface area (Å²) >= 11 is 5.82. The monoisotopic (exact) mass is 303 g/mol. The van der Waals surface area contributed by atoms with E-state index in [2.05, 4.69) is 23.5 Å². The molecule has 1 aliphatic carbocycles. The van der Waals surface area contributed by atoms with Crippen LogP contribution in [0.25, 0.3) is 0 Å². The molecule has 1 N–H and O–H groups in total. The van der Waals surface area contributed by atoms with E-state index < -0.39 is 0 Å². The second kappa shape index (κ2) is 6.07. The zero-order chi connectivity index (χ0) is 14.8. The molecule has 0 saturated heterocycles. The molecule has 110 valence electrons. The summed E-state index contributed by atoms with van der Waals surface area (Å²) in [5.41, 5.74) is 4.55. The first-order chi connectivity index (χ1) is 10.1. The molecule has 0 radical (unpaired) electrons. The number of hydrogen-bond donors (Lipinski definition) is 1. The predicted octanol–water partition coefficient (Wildman–Crippen LogP) is 5.53. The van der Waals surface area contributed by atoms with Crippen molar-refractivity contribution in [3.05, 3.63) is 63.9 Å². The molecule has 0 heterocycles. The van der Waals surface area contributed by atoms with Gasteiger partial charge in [-0.25, -0.2) is 4.39 Å². The van der Waals surface area contributed by atoms with Gasteiger partial charge in [0.1, 0.15) is 0 Å². The van der Waals surface area contributed by atoms with Crippen LogP contribution in [0.1, 0.15) is 42.5 Å². The number of nitrogens with one attached hydrogen (secondary N) is 1. The van der Waals surface area contributed by atoms with E-state index in [9.17, 15) is 4.39 Å². The van der Waals surface area contributed by atoms with Crippen molar-refractivity contribution < 1.29 is 4.39 Å². The van der Waals surface area contributed by atoms with E-state index >= 15 is 0 Å². The van der Waals surface area contributed by atoms with Crippen molar-refractivity contribution in [1.29, 1.82) is 0 Å². The van der Waals surface area contributed by atoms with Crippen molar-refractivity contribution in [2.45, 2.75) is 38.6 Å². The van der Waals surface area contributed by atoms with Crippen LogP contribution in [-0.4, -0.2) is 0 Å². The number of benzene rings is 2. The van der Waals surface area contributed by atoms with E-state index in [1.54, 1.807) is 18.2 Å². The van der Waals surface area contributed by atoms with Crippen molar-refractivity contribution in [3.8, 4) is 0 Å². The normalized spacial score (nSPS) is 15.4. The average Bonchev–Trinajstić information content (AvgIpc) is 2.51. The second-order valence-electron chi connectivity index (χ2n) is 5.70. The highest BCUT2D eigenvalue weighted by Crippen LogP contribution is 2.28. The molecule has 3 heteroatoms. The van der Waals surface area contributed by atoms with Gasteiger partial charge in [0, 0.05) is 6.04 Å². The van der Waals surface area contributed by atoms with Crippen LogP contribution in [0, 0.1) is 5.82 Å². The minimum absolute atomic E-state index is 0.0465. The Hall–Kier alpha value is -1.54. The number of anilines is 1. The molecule has 2 aromatic carbocycles. The first-order valence-electron chi connectivity index (χ1n) is 7.47. The minimum atomic E-state index is -0.385. The Labute approximate surface area is 130 Å². The summed E-state index contributed by atoms with van der Waals surface area (Å²) in [6, 6.07) is 11.7. The van der Waals surface area contributed by atoms with Crippen LogP contribution in [0.4, 0.5) is 10.1 Å². The molecule has 0 aromatic heterocycles. The van der Waals surface area contributed by atoms with Crippen molar-refractivity contribution in [1.82, 2.24) is 0 Å². The number of hydrogen-bond acceptors (Lipinski definition) is 1. The summed E-state index contributed by atoms with van der Waals surface area (Å²) in [6.45, 7) is 2.05. The molecule has 3 rings (SSSR count). The van der Waals surface area contributed by atoms with Gasteiger partial charge >= 0.3 is 0 Å². The minimum Gasteiger partial charge on any atom is -0.376 e. The summed E-state index contributed by atoms with van der Waals surface area (Å²) in [5, 5.41) is 3.37. The molecule has 0 aliphatic heterocycles. The molecule has 1 unspecified atom stereocenters. The highest BCUT2D eigenvalue weighted by atomic mass is 35.5. The number of aryl methyl sites for hydroxylation is 2. The molecule has 0 spiro atoms. The fraction of sp³-hybridized carbons (Fsp3) is 0.333. The van der Waals surface area contributed by atoms with E-state index in [1.165, 1.54) is 36.0 Å². The second-order valence-corrected chi connectivity index (χ2v) is 6.11. The third kappa shape index (κ3) is 3.06. The molecule has 21 heavy (non-hydrogen) atoms. The van der Waals surface area contributed by atoms with Crippen LogP contribution in [0.15, 0.2) is 36.4 Å². The molecule has 0 saturated carbocycles. The van der Waals surface area contributed by atoms with Gasteiger partial charge in [-0.15, -0.1) is 0 Å². The van der Waals surface area contributed by atoms with Gasteiger partial charge < -0.3 is 5.32 Å². The number of fused-ring (bicyclic) bond motifs is 1. The Morgan fingerprint density at radius 1 is 1.10 bits per heavy atom. The third-order valence-electron chi connectivity index (χ3n) is 4.20. The molecule has 0 bridgehead atoms. The van der Waals surface area contributed by atoms with E-state index in [4.69, 9.17) is 11.6 Å². The Morgan fingerprint density at radius 3 is 2.67 bits per heavy atom. The SMILES string of the molecule is CC(Nc1cccc(Cl)c1F)c1ccc2c(c1)CCCC2. The van der Waals surface area contributed by atoms with Crippen molar-refractivity contribution in [2.24, 2.45) is 0 Å².